The summed E-state index contributed by atoms with van der Waals surface area (Å²) in [5, 5.41) is 25.6. The molecule has 0 amide bonds. The maximum atomic E-state index is 9.57. The number of aromatic hydroxyl groups is 1. The molecule has 68 valence electrons. The third-order valence-electron chi connectivity index (χ3n) is 1.81. The number of hydrogen-bond donors (Lipinski definition) is 1. The van der Waals surface area contributed by atoms with Crippen LogP contribution in [0.3, 0.4) is 0 Å². The summed E-state index contributed by atoms with van der Waals surface area (Å²) in [6, 6.07) is 6.73. The van der Waals surface area contributed by atoms with E-state index in [1.165, 1.54) is 23.3 Å². The summed E-state index contributed by atoms with van der Waals surface area (Å²) in [5.74, 6) is 0.0313. The lowest BCUT2D eigenvalue weighted by Crippen LogP contribution is -1.94. The number of rotatable bonds is 1. The van der Waals surface area contributed by atoms with Crippen molar-refractivity contribution in [3.05, 3.63) is 36.4 Å². The Labute approximate surface area is 79.9 Å². The maximum absolute atomic E-state index is 9.57. The van der Waals surface area contributed by atoms with E-state index in [0.29, 0.717) is 11.3 Å². The minimum absolute atomic E-state index is 0.0313. The molecule has 2 aromatic rings. The van der Waals surface area contributed by atoms with Crippen molar-refractivity contribution in [3.8, 4) is 17.5 Å². The van der Waals surface area contributed by atoms with E-state index in [1.54, 1.807) is 12.1 Å². The quantitative estimate of drug-likeness (QED) is 0.716. The van der Waals surface area contributed by atoms with Crippen molar-refractivity contribution in [2.75, 3.05) is 0 Å². The molecule has 14 heavy (non-hydrogen) atoms. The highest BCUT2D eigenvalue weighted by molar-refractivity contribution is 5.56. The van der Waals surface area contributed by atoms with Gasteiger partial charge in [-0.15, -0.1) is 10.2 Å². The number of phenolic OH excluding ortho intramolecular Hbond substituents is 1. The molecular formula is C9H6N4O. The third kappa shape index (κ3) is 1.19. The number of benzene rings is 1. The predicted octanol–water partition coefficient (Wildman–Crippen LogP) is 0.845. The van der Waals surface area contributed by atoms with Crippen molar-refractivity contribution in [2.45, 2.75) is 0 Å². The van der Waals surface area contributed by atoms with Crippen molar-refractivity contribution < 1.29 is 5.11 Å². The Morgan fingerprint density at radius 3 is 2.64 bits per heavy atom. The van der Waals surface area contributed by atoms with Crippen molar-refractivity contribution in [1.29, 1.82) is 5.26 Å². The molecule has 5 nitrogen and oxygen atoms in total. The van der Waals surface area contributed by atoms with Crippen LogP contribution in [0.5, 0.6) is 5.75 Å². The summed E-state index contributed by atoms with van der Waals surface area (Å²) in [7, 11) is 0. The Morgan fingerprint density at radius 2 is 2.00 bits per heavy atom. The molecule has 2 rings (SSSR count). The molecule has 0 bridgehead atoms. The van der Waals surface area contributed by atoms with Crippen LogP contribution in [0.25, 0.3) is 5.69 Å². The monoisotopic (exact) mass is 186 g/mol. The van der Waals surface area contributed by atoms with Gasteiger partial charge in [0.15, 0.2) is 0 Å². The summed E-state index contributed by atoms with van der Waals surface area (Å²) in [6.45, 7) is 0. The molecule has 0 radical (unpaired) electrons. The van der Waals surface area contributed by atoms with Crippen molar-refractivity contribution in [3.63, 3.8) is 0 Å². The molecule has 1 heterocycles. The first-order valence-corrected chi connectivity index (χ1v) is 3.90. The Kier molecular flexibility index (Phi) is 1.88. The number of phenols is 1. The molecule has 0 unspecified atom stereocenters. The number of hydrogen-bond acceptors (Lipinski definition) is 4. The van der Waals surface area contributed by atoms with E-state index >= 15 is 0 Å². The lowest BCUT2D eigenvalue weighted by Gasteiger charge is -2.05. The average Bonchev–Trinajstić information content (AvgIpc) is 2.70. The smallest absolute Gasteiger partial charge is 0.141 e. The molecule has 5 heteroatoms. The number of nitrogens with zero attached hydrogens (tertiary/aromatic N) is 4. The molecule has 0 atom stereocenters. The van der Waals surface area contributed by atoms with Gasteiger partial charge in [-0.1, -0.05) is 6.07 Å². The highest BCUT2D eigenvalue weighted by Crippen LogP contribution is 2.24. The Morgan fingerprint density at radius 1 is 1.29 bits per heavy atom. The zero-order valence-electron chi connectivity index (χ0n) is 7.12. The highest BCUT2D eigenvalue weighted by atomic mass is 16.3. The zero-order chi connectivity index (χ0) is 9.97. The second-order valence-corrected chi connectivity index (χ2v) is 2.65. The summed E-state index contributed by atoms with van der Waals surface area (Å²) in [5.41, 5.74) is 0.782. The van der Waals surface area contributed by atoms with Gasteiger partial charge in [-0.05, 0) is 12.1 Å². The van der Waals surface area contributed by atoms with E-state index in [-0.39, 0.29) is 5.75 Å². The summed E-state index contributed by atoms with van der Waals surface area (Å²) in [6.07, 6.45) is 2.85. The molecule has 0 aliphatic rings. The van der Waals surface area contributed by atoms with Crippen LogP contribution in [0.15, 0.2) is 30.9 Å². The molecule has 0 saturated heterocycles. The minimum atomic E-state index is 0.0313. The lowest BCUT2D eigenvalue weighted by molar-refractivity contribution is 0.472. The van der Waals surface area contributed by atoms with Gasteiger partial charge in [0.2, 0.25) is 0 Å². The van der Waals surface area contributed by atoms with Crippen LogP contribution >= 0.6 is 0 Å². The van der Waals surface area contributed by atoms with Crippen molar-refractivity contribution in [2.24, 2.45) is 0 Å². The zero-order valence-corrected chi connectivity index (χ0v) is 7.12. The topological polar surface area (TPSA) is 74.7 Å². The number of aromatic nitrogens is 3. The summed E-state index contributed by atoms with van der Waals surface area (Å²) in [4.78, 5) is 0. The van der Waals surface area contributed by atoms with Crippen LogP contribution in [0.2, 0.25) is 0 Å². The van der Waals surface area contributed by atoms with E-state index in [4.69, 9.17) is 5.26 Å². The van der Waals surface area contributed by atoms with Crippen LogP contribution in [0.1, 0.15) is 5.56 Å². The predicted molar refractivity (Wildman–Crippen MR) is 47.7 cm³/mol. The Hall–Kier alpha value is -2.35. The van der Waals surface area contributed by atoms with E-state index in [1.807, 2.05) is 6.07 Å². The van der Waals surface area contributed by atoms with E-state index in [9.17, 15) is 5.11 Å². The van der Waals surface area contributed by atoms with E-state index < -0.39 is 0 Å². The molecule has 1 aromatic heterocycles. The van der Waals surface area contributed by atoms with E-state index in [0.717, 1.165) is 0 Å². The average molecular weight is 186 g/mol. The van der Waals surface area contributed by atoms with Gasteiger partial charge in [0.05, 0.1) is 5.56 Å². The van der Waals surface area contributed by atoms with Crippen LogP contribution in [-0.2, 0) is 0 Å². The first-order chi connectivity index (χ1) is 6.83. The first kappa shape index (κ1) is 8.26. The van der Waals surface area contributed by atoms with Crippen LogP contribution in [0.4, 0.5) is 0 Å². The molecule has 0 saturated carbocycles. The van der Waals surface area contributed by atoms with Crippen LogP contribution in [-0.4, -0.2) is 19.9 Å². The van der Waals surface area contributed by atoms with E-state index in [2.05, 4.69) is 10.2 Å². The Balaban J connectivity index is 2.69. The van der Waals surface area contributed by atoms with Gasteiger partial charge in [0.25, 0.3) is 0 Å². The van der Waals surface area contributed by atoms with Gasteiger partial charge in [0, 0.05) is 0 Å². The normalized spacial score (nSPS) is 9.64. The molecule has 0 spiro atoms. The fourth-order valence-corrected chi connectivity index (χ4v) is 1.21. The fraction of sp³-hybridized carbons (Fsp3) is 0. The van der Waals surface area contributed by atoms with Gasteiger partial charge in [0.1, 0.15) is 30.2 Å². The minimum Gasteiger partial charge on any atom is -0.506 e. The van der Waals surface area contributed by atoms with Crippen molar-refractivity contribution in [1.82, 2.24) is 14.8 Å². The second-order valence-electron chi connectivity index (χ2n) is 2.65. The SMILES string of the molecule is N#Cc1cccc(O)c1-n1cnnc1. The molecule has 0 aliphatic carbocycles. The molecule has 0 fully saturated rings. The van der Waals surface area contributed by atoms with Crippen LogP contribution in [0, 0.1) is 11.3 Å². The molecule has 1 N–H and O–H groups in total. The van der Waals surface area contributed by atoms with Gasteiger partial charge >= 0.3 is 0 Å². The highest BCUT2D eigenvalue weighted by Gasteiger charge is 2.08. The summed E-state index contributed by atoms with van der Waals surface area (Å²) >= 11 is 0. The maximum Gasteiger partial charge on any atom is 0.141 e. The van der Waals surface area contributed by atoms with Crippen molar-refractivity contribution >= 4 is 0 Å². The van der Waals surface area contributed by atoms with Gasteiger partial charge in [-0.25, -0.2) is 0 Å². The number of para-hydroxylation sites is 1. The molecular weight excluding hydrogens is 180 g/mol. The Bertz CT molecular complexity index is 484. The fourth-order valence-electron chi connectivity index (χ4n) is 1.21. The lowest BCUT2D eigenvalue weighted by atomic mass is 10.2. The third-order valence-corrected chi connectivity index (χ3v) is 1.81. The standard InChI is InChI=1S/C9H6N4O/c10-4-7-2-1-3-8(14)9(7)13-5-11-12-6-13/h1-3,5-6,14H. The molecule has 1 aromatic carbocycles. The molecule has 0 aliphatic heterocycles. The number of nitriles is 1. The van der Waals surface area contributed by atoms with Gasteiger partial charge in [-0.2, -0.15) is 5.26 Å². The van der Waals surface area contributed by atoms with Gasteiger partial charge < -0.3 is 5.11 Å². The largest absolute Gasteiger partial charge is 0.506 e. The summed E-state index contributed by atoms with van der Waals surface area (Å²) < 4.78 is 1.49. The van der Waals surface area contributed by atoms with Gasteiger partial charge in [-0.3, -0.25) is 4.57 Å². The second kappa shape index (κ2) is 3.18. The first-order valence-electron chi connectivity index (χ1n) is 3.90. The van der Waals surface area contributed by atoms with Crippen LogP contribution < -0.4 is 0 Å².